The highest BCUT2D eigenvalue weighted by Gasteiger charge is 2.46. The Balaban J connectivity index is 1.80. The first-order valence-corrected chi connectivity index (χ1v) is 7.73. The van der Waals surface area contributed by atoms with Gasteiger partial charge in [0.2, 0.25) is 0 Å². The molecule has 1 N–H and O–H groups in total. The Morgan fingerprint density at radius 2 is 2.05 bits per heavy atom. The van der Waals surface area contributed by atoms with Crippen molar-refractivity contribution < 1.29 is 4.74 Å². The van der Waals surface area contributed by atoms with E-state index in [0.717, 1.165) is 25.7 Å². The molecule has 0 spiro atoms. The molecule has 0 aromatic heterocycles. The van der Waals surface area contributed by atoms with Crippen LogP contribution in [0.2, 0.25) is 0 Å². The second-order valence-electron chi connectivity index (χ2n) is 6.14. The molecule has 2 heteroatoms. The molecule has 2 heterocycles. The molecular weight excluding hydrogens is 234 g/mol. The van der Waals surface area contributed by atoms with Crippen LogP contribution in [-0.2, 0) is 16.6 Å². The third-order valence-electron chi connectivity index (χ3n) is 4.87. The zero-order valence-electron chi connectivity index (χ0n) is 12.0. The molecule has 0 radical (unpaired) electrons. The minimum absolute atomic E-state index is 0.290. The minimum atomic E-state index is 0.290. The van der Waals surface area contributed by atoms with E-state index in [1.54, 1.807) is 0 Å². The molecule has 1 atom stereocenters. The largest absolute Gasteiger partial charge is 0.379 e. The number of rotatable bonds is 4. The van der Waals surface area contributed by atoms with Crippen LogP contribution in [0.5, 0.6) is 0 Å². The number of piperidine rings is 1. The molecule has 2 nitrogen and oxygen atoms in total. The number of aryl methyl sites for hydroxylation is 1. The van der Waals surface area contributed by atoms with Gasteiger partial charge in [0.05, 0.1) is 13.2 Å². The molecular formula is C17H25NO. The van der Waals surface area contributed by atoms with Gasteiger partial charge < -0.3 is 10.1 Å². The molecule has 1 unspecified atom stereocenters. The van der Waals surface area contributed by atoms with Crippen LogP contribution in [-0.4, -0.2) is 26.3 Å². The van der Waals surface area contributed by atoms with Crippen molar-refractivity contribution in [3.05, 3.63) is 35.4 Å². The van der Waals surface area contributed by atoms with Crippen molar-refractivity contribution in [1.29, 1.82) is 0 Å². The fourth-order valence-corrected chi connectivity index (χ4v) is 3.58. The molecule has 19 heavy (non-hydrogen) atoms. The van der Waals surface area contributed by atoms with Gasteiger partial charge in [-0.2, -0.15) is 0 Å². The van der Waals surface area contributed by atoms with Gasteiger partial charge in [-0.25, -0.2) is 0 Å². The van der Waals surface area contributed by atoms with Gasteiger partial charge in [0.15, 0.2) is 0 Å². The Hall–Kier alpha value is -0.860. The topological polar surface area (TPSA) is 21.3 Å². The van der Waals surface area contributed by atoms with Gasteiger partial charge in [0.1, 0.15) is 0 Å². The summed E-state index contributed by atoms with van der Waals surface area (Å²) in [6.07, 6.45) is 5.06. The van der Waals surface area contributed by atoms with Crippen molar-refractivity contribution >= 4 is 0 Å². The third kappa shape index (κ3) is 2.44. The molecule has 0 bridgehead atoms. The van der Waals surface area contributed by atoms with E-state index in [-0.39, 0.29) is 5.41 Å². The number of ether oxygens (including phenoxy) is 1. The summed E-state index contributed by atoms with van der Waals surface area (Å²) in [6.45, 7) is 6.39. The highest BCUT2D eigenvalue weighted by molar-refractivity contribution is 5.32. The second kappa shape index (κ2) is 5.64. The van der Waals surface area contributed by atoms with Gasteiger partial charge in [-0.1, -0.05) is 37.6 Å². The molecule has 0 amide bonds. The van der Waals surface area contributed by atoms with Crippen LogP contribution in [0, 0.1) is 5.92 Å². The van der Waals surface area contributed by atoms with Gasteiger partial charge in [0, 0.05) is 5.41 Å². The Kier molecular flexibility index (Phi) is 3.90. The van der Waals surface area contributed by atoms with Gasteiger partial charge in [-0.05, 0) is 49.4 Å². The first kappa shape index (κ1) is 13.1. The molecule has 2 aliphatic heterocycles. The van der Waals surface area contributed by atoms with Gasteiger partial charge in [-0.15, -0.1) is 0 Å². The lowest BCUT2D eigenvalue weighted by Crippen LogP contribution is -2.56. The summed E-state index contributed by atoms with van der Waals surface area (Å²) in [5.41, 5.74) is 3.24. The Morgan fingerprint density at radius 3 is 2.58 bits per heavy atom. The van der Waals surface area contributed by atoms with E-state index < -0.39 is 0 Å². The molecule has 2 saturated heterocycles. The van der Waals surface area contributed by atoms with Gasteiger partial charge in [-0.3, -0.25) is 0 Å². The lowest BCUT2D eigenvalue weighted by Gasteiger charge is -2.49. The summed E-state index contributed by atoms with van der Waals surface area (Å²) in [7, 11) is 0. The van der Waals surface area contributed by atoms with Crippen molar-refractivity contribution in [3.8, 4) is 0 Å². The summed E-state index contributed by atoms with van der Waals surface area (Å²) in [5, 5.41) is 3.55. The first-order valence-electron chi connectivity index (χ1n) is 7.73. The maximum absolute atomic E-state index is 5.60. The van der Waals surface area contributed by atoms with Crippen LogP contribution in [0.1, 0.15) is 37.3 Å². The highest BCUT2D eigenvalue weighted by Crippen LogP contribution is 2.42. The molecule has 1 aromatic rings. The van der Waals surface area contributed by atoms with Crippen LogP contribution < -0.4 is 5.32 Å². The Morgan fingerprint density at radius 1 is 1.26 bits per heavy atom. The third-order valence-corrected chi connectivity index (χ3v) is 4.87. The van der Waals surface area contributed by atoms with Crippen molar-refractivity contribution in [1.82, 2.24) is 5.32 Å². The zero-order chi connectivity index (χ0) is 13.1. The standard InChI is InChI=1S/C17H25NO/c1-2-4-14-6-8-15(9-7-14)17(12-19-13-17)16-5-3-10-18-11-16/h6-9,16,18H,2-5,10-13H2,1H3. The first-order chi connectivity index (χ1) is 9.35. The van der Waals surface area contributed by atoms with Crippen LogP contribution in [0.4, 0.5) is 0 Å². The van der Waals surface area contributed by atoms with E-state index in [2.05, 4.69) is 36.5 Å². The monoisotopic (exact) mass is 259 g/mol. The maximum Gasteiger partial charge on any atom is 0.0588 e. The molecule has 1 aromatic carbocycles. The van der Waals surface area contributed by atoms with E-state index in [4.69, 9.17) is 4.74 Å². The summed E-state index contributed by atoms with van der Waals surface area (Å²) < 4.78 is 5.60. The van der Waals surface area contributed by atoms with Gasteiger partial charge >= 0.3 is 0 Å². The molecule has 2 fully saturated rings. The Bertz CT molecular complexity index is 402. The highest BCUT2D eigenvalue weighted by atomic mass is 16.5. The molecule has 0 saturated carbocycles. The predicted molar refractivity (Wildman–Crippen MR) is 78.5 cm³/mol. The fourth-order valence-electron chi connectivity index (χ4n) is 3.58. The normalized spacial score (nSPS) is 25.8. The van der Waals surface area contributed by atoms with Crippen molar-refractivity contribution in [2.45, 2.75) is 38.0 Å². The molecule has 2 aliphatic rings. The van der Waals surface area contributed by atoms with Crippen LogP contribution in [0.15, 0.2) is 24.3 Å². The fraction of sp³-hybridized carbons (Fsp3) is 0.647. The average molecular weight is 259 g/mol. The summed E-state index contributed by atoms with van der Waals surface area (Å²) in [6, 6.07) is 9.33. The van der Waals surface area contributed by atoms with Crippen LogP contribution >= 0.6 is 0 Å². The number of hydrogen-bond donors (Lipinski definition) is 1. The van der Waals surface area contributed by atoms with Crippen LogP contribution in [0.3, 0.4) is 0 Å². The predicted octanol–water partition coefficient (Wildman–Crippen LogP) is 2.91. The van der Waals surface area contributed by atoms with E-state index in [9.17, 15) is 0 Å². The van der Waals surface area contributed by atoms with E-state index in [1.807, 2.05) is 0 Å². The van der Waals surface area contributed by atoms with Gasteiger partial charge in [0.25, 0.3) is 0 Å². The Labute approximate surface area is 116 Å². The zero-order valence-corrected chi connectivity index (χ0v) is 12.0. The van der Waals surface area contributed by atoms with Crippen molar-refractivity contribution in [2.24, 2.45) is 5.92 Å². The van der Waals surface area contributed by atoms with E-state index >= 15 is 0 Å². The maximum atomic E-state index is 5.60. The number of hydrogen-bond acceptors (Lipinski definition) is 2. The minimum Gasteiger partial charge on any atom is -0.379 e. The molecule has 3 rings (SSSR count). The summed E-state index contributed by atoms with van der Waals surface area (Å²) in [5.74, 6) is 0.743. The smallest absolute Gasteiger partial charge is 0.0588 e. The lowest BCUT2D eigenvalue weighted by molar-refractivity contribution is -0.0947. The number of benzene rings is 1. The lowest BCUT2D eigenvalue weighted by atomic mass is 9.66. The molecule has 104 valence electrons. The van der Waals surface area contributed by atoms with E-state index in [0.29, 0.717) is 0 Å². The van der Waals surface area contributed by atoms with Crippen molar-refractivity contribution in [2.75, 3.05) is 26.3 Å². The second-order valence-corrected chi connectivity index (χ2v) is 6.14. The average Bonchev–Trinajstić information content (AvgIpc) is 2.41. The van der Waals surface area contributed by atoms with Crippen molar-refractivity contribution in [3.63, 3.8) is 0 Å². The number of nitrogens with one attached hydrogen (secondary N) is 1. The molecule has 0 aliphatic carbocycles. The SMILES string of the molecule is CCCc1ccc(C2(C3CCCNC3)COC2)cc1. The van der Waals surface area contributed by atoms with Crippen LogP contribution in [0.25, 0.3) is 0 Å². The summed E-state index contributed by atoms with van der Waals surface area (Å²) >= 11 is 0. The quantitative estimate of drug-likeness (QED) is 0.897. The summed E-state index contributed by atoms with van der Waals surface area (Å²) in [4.78, 5) is 0. The van der Waals surface area contributed by atoms with E-state index in [1.165, 1.54) is 43.4 Å².